The average Bonchev–Trinajstić information content (AvgIpc) is 3.38. The summed E-state index contributed by atoms with van der Waals surface area (Å²) in [6.07, 6.45) is 3.00. The molecule has 2 fully saturated rings. The molecule has 2 atom stereocenters. The van der Waals surface area contributed by atoms with E-state index in [9.17, 15) is 39.6 Å². The third-order valence-electron chi connectivity index (χ3n) is 13.8. The van der Waals surface area contributed by atoms with Gasteiger partial charge in [0.1, 0.15) is 17.2 Å². The number of nitrogens with zero attached hydrogens (tertiary/aromatic N) is 2. The zero-order valence-electron chi connectivity index (χ0n) is 39.3. The maximum absolute atomic E-state index is 13.3. The summed E-state index contributed by atoms with van der Waals surface area (Å²) < 4.78 is 11.5. The maximum Gasteiger partial charge on any atom is 0.345 e. The van der Waals surface area contributed by atoms with Crippen LogP contribution in [0, 0.1) is 11.8 Å². The second kappa shape index (κ2) is 22.6. The third kappa shape index (κ3) is 11.7. The van der Waals surface area contributed by atoms with Crippen LogP contribution in [0.2, 0.25) is 0 Å². The number of carboxylic acid groups (broad SMARTS) is 1. The van der Waals surface area contributed by atoms with Gasteiger partial charge in [0.15, 0.2) is 6.61 Å². The molecule has 0 saturated carbocycles. The number of likely N-dealkylation sites (tertiary alicyclic amines) is 2. The Kier molecular flexibility index (Phi) is 15.9. The van der Waals surface area contributed by atoms with Gasteiger partial charge >= 0.3 is 5.97 Å². The Bertz CT molecular complexity index is 2840. The number of carboxylic acids is 1. The lowest BCUT2D eigenvalue weighted by Crippen LogP contribution is -2.43. The number of amides is 2. The normalized spacial score (nSPS) is 16.1. The summed E-state index contributed by atoms with van der Waals surface area (Å²) >= 11 is 0. The fourth-order valence-corrected chi connectivity index (χ4v) is 9.75. The maximum atomic E-state index is 13.3. The lowest BCUT2D eigenvalue weighted by molar-refractivity contribution is -0.155. The number of phenolic OH excluding ortho intramolecular Hbond substituents is 1. The van der Waals surface area contributed by atoms with Crippen molar-refractivity contribution in [3.8, 4) is 17.2 Å². The summed E-state index contributed by atoms with van der Waals surface area (Å²) in [5.74, 6) is -0.696. The summed E-state index contributed by atoms with van der Waals surface area (Å²) in [5, 5.41) is 50.6. The molecule has 0 aliphatic carbocycles. The Morgan fingerprint density at radius 3 is 2.33 bits per heavy atom. The molecule has 15 heteroatoms. The first-order chi connectivity index (χ1) is 33.9. The molecule has 366 valence electrons. The highest BCUT2D eigenvalue weighted by atomic mass is 16.5. The molecule has 3 heterocycles. The van der Waals surface area contributed by atoms with E-state index in [2.05, 4.69) is 44.8 Å². The number of hydrogen-bond donors (Lipinski definition) is 7. The number of rotatable bonds is 19. The Labute approximate surface area is 406 Å². The average molecular weight is 952 g/mol. The number of ether oxygens (including phenoxy) is 2. The topological polar surface area (TPSA) is 214 Å². The fourth-order valence-electron chi connectivity index (χ4n) is 9.75. The van der Waals surface area contributed by atoms with E-state index < -0.39 is 17.7 Å². The van der Waals surface area contributed by atoms with Crippen molar-refractivity contribution in [2.75, 3.05) is 53.0 Å². The predicted molar refractivity (Wildman–Crippen MR) is 265 cm³/mol. The van der Waals surface area contributed by atoms with E-state index in [1.165, 1.54) is 30.9 Å². The van der Waals surface area contributed by atoms with E-state index in [0.29, 0.717) is 79.2 Å². The van der Waals surface area contributed by atoms with E-state index in [0.717, 1.165) is 43.6 Å². The summed E-state index contributed by atoms with van der Waals surface area (Å²) in [6, 6.07) is 35.1. The quantitative estimate of drug-likeness (QED) is 0.0507. The summed E-state index contributed by atoms with van der Waals surface area (Å²) in [6.45, 7) is 4.42. The number of aliphatic carboxylic acids is 1. The molecule has 0 radical (unpaired) electrons. The minimum Gasteiger partial charge on any atom is -0.506 e. The number of carbonyl (C=O) groups is 3. The van der Waals surface area contributed by atoms with Crippen molar-refractivity contribution in [2.45, 2.75) is 56.9 Å². The Morgan fingerprint density at radius 2 is 1.57 bits per heavy atom. The van der Waals surface area contributed by atoms with Crippen LogP contribution in [0.4, 0.5) is 0 Å². The van der Waals surface area contributed by atoms with Crippen LogP contribution in [-0.4, -0.2) is 106 Å². The van der Waals surface area contributed by atoms with Gasteiger partial charge in [-0.2, -0.15) is 0 Å². The highest BCUT2D eigenvalue weighted by molar-refractivity contribution is 5.94. The first-order valence-corrected chi connectivity index (χ1v) is 23.9. The van der Waals surface area contributed by atoms with Gasteiger partial charge in [-0.25, -0.2) is 4.79 Å². The van der Waals surface area contributed by atoms with E-state index in [1.807, 2.05) is 18.2 Å². The highest BCUT2D eigenvalue weighted by Gasteiger charge is 2.42. The zero-order valence-corrected chi connectivity index (χ0v) is 39.3. The zero-order chi connectivity index (χ0) is 49.2. The highest BCUT2D eigenvalue weighted by Crippen LogP contribution is 2.37. The number of fused-ring (bicyclic) bond motifs is 1. The largest absolute Gasteiger partial charge is 0.506 e. The number of H-pyrrole nitrogens is 1. The van der Waals surface area contributed by atoms with E-state index in [1.54, 1.807) is 65.6 Å². The molecule has 2 saturated heterocycles. The van der Waals surface area contributed by atoms with Crippen molar-refractivity contribution in [1.29, 1.82) is 0 Å². The lowest BCUT2D eigenvalue weighted by atomic mass is 9.80. The van der Waals surface area contributed by atoms with Crippen molar-refractivity contribution in [2.24, 2.45) is 11.8 Å². The number of pyridine rings is 1. The van der Waals surface area contributed by atoms with Crippen molar-refractivity contribution in [1.82, 2.24) is 25.4 Å². The van der Waals surface area contributed by atoms with Crippen LogP contribution in [-0.2, 0) is 34.7 Å². The molecular formula is C55H61N5O10. The first kappa shape index (κ1) is 49.4. The summed E-state index contributed by atoms with van der Waals surface area (Å²) in [4.78, 5) is 58.2. The molecule has 1 aromatic heterocycles. The molecular weight excluding hydrogens is 891 g/mol. The van der Waals surface area contributed by atoms with Gasteiger partial charge in [-0.3, -0.25) is 19.3 Å². The molecule has 0 bridgehead atoms. The van der Waals surface area contributed by atoms with Crippen LogP contribution in [0.1, 0.15) is 75.5 Å². The number of aliphatic hydroxyl groups excluding tert-OH is 1. The third-order valence-corrected chi connectivity index (χ3v) is 13.8. The van der Waals surface area contributed by atoms with E-state index in [-0.39, 0.29) is 59.0 Å². The van der Waals surface area contributed by atoms with Gasteiger partial charge in [0.05, 0.1) is 18.7 Å². The molecule has 70 heavy (non-hydrogen) atoms. The van der Waals surface area contributed by atoms with Crippen LogP contribution >= 0.6 is 0 Å². The van der Waals surface area contributed by atoms with Crippen molar-refractivity contribution >= 4 is 28.7 Å². The Balaban J connectivity index is 0.789. The number of phenols is 1. The van der Waals surface area contributed by atoms with E-state index >= 15 is 0 Å². The molecule has 8 rings (SSSR count). The van der Waals surface area contributed by atoms with Crippen LogP contribution in [0.3, 0.4) is 0 Å². The van der Waals surface area contributed by atoms with Gasteiger partial charge in [-0.15, -0.1) is 0 Å². The Hall–Kier alpha value is -7.04. The summed E-state index contributed by atoms with van der Waals surface area (Å²) in [7, 11) is 1.52. The number of hydrogen-bond acceptors (Lipinski definition) is 11. The predicted octanol–water partition coefficient (Wildman–Crippen LogP) is 5.89. The standard InChI is InChI=1S/C55H61N5O10/c1-69-49-29-40(14-15-41(49)32-56-33-48(62)44-16-18-47(61)52-45(44)17-19-50(63)58-52)53(65)57-31-37-22-26-60(27-23-37)51(64)35-70-43-12-7-11-42(30-43)55(68,54(66)67)46-13-6-5-10-39(46)28-36-20-24-59(25-21-36)34-38-8-3-2-4-9-38/h2-19,29-30,36-37,48,56,61-62,68H,20-28,31-35H2,1H3,(H,57,65)(H,58,63)(H,66,67)/t48-,55-/m0/s1. The minimum atomic E-state index is -2.34. The van der Waals surface area contributed by atoms with Gasteiger partial charge in [-0.1, -0.05) is 78.9 Å². The summed E-state index contributed by atoms with van der Waals surface area (Å²) in [5.41, 5.74) is 1.83. The van der Waals surface area contributed by atoms with Crippen LogP contribution in [0.15, 0.2) is 126 Å². The van der Waals surface area contributed by atoms with Crippen molar-refractivity contribution in [3.05, 3.63) is 171 Å². The fraction of sp³-hybridized carbons (Fsp3) is 0.345. The molecule has 0 spiro atoms. The van der Waals surface area contributed by atoms with E-state index in [4.69, 9.17) is 9.47 Å². The van der Waals surface area contributed by atoms with Crippen molar-refractivity contribution in [3.63, 3.8) is 0 Å². The van der Waals surface area contributed by atoms with Gasteiger partial charge in [0.25, 0.3) is 11.8 Å². The lowest BCUT2D eigenvalue weighted by Gasteiger charge is -2.33. The number of piperidine rings is 2. The van der Waals surface area contributed by atoms with Crippen LogP contribution in [0.25, 0.3) is 10.9 Å². The molecule has 15 nitrogen and oxygen atoms in total. The SMILES string of the molecule is COc1cc(C(=O)NCC2CCN(C(=O)COc3cccc([C@@](O)(C(=O)O)c4ccccc4CC4CCN(Cc5ccccc5)CC4)c3)CC2)ccc1CNC[C@H](O)c1ccc(O)c2[nH]c(=O)ccc12. The van der Waals surface area contributed by atoms with Gasteiger partial charge in [0.2, 0.25) is 11.2 Å². The molecule has 7 N–H and O–H groups in total. The second-order valence-corrected chi connectivity index (χ2v) is 18.4. The minimum absolute atomic E-state index is 0.0855. The molecule has 2 aliphatic heterocycles. The number of methoxy groups -OCH3 is 1. The number of benzene rings is 5. The molecule has 5 aromatic carbocycles. The number of aromatic amines is 1. The number of carbonyl (C=O) groups excluding carboxylic acids is 2. The van der Waals surface area contributed by atoms with Gasteiger partial charge < -0.3 is 50.4 Å². The number of aromatic nitrogens is 1. The Morgan fingerprint density at radius 1 is 0.829 bits per heavy atom. The number of aliphatic hydroxyl groups is 2. The van der Waals surface area contributed by atoms with Crippen LogP contribution < -0.4 is 25.7 Å². The number of aromatic hydroxyl groups is 1. The van der Waals surface area contributed by atoms with Gasteiger partial charge in [-0.05, 0) is 110 Å². The second-order valence-electron chi connectivity index (χ2n) is 18.4. The monoisotopic (exact) mass is 951 g/mol. The molecule has 0 unspecified atom stereocenters. The smallest absolute Gasteiger partial charge is 0.345 e. The number of nitrogens with one attached hydrogen (secondary N) is 3. The molecule has 2 aliphatic rings. The molecule has 6 aromatic rings. The first-order valence-electron chi connectivity index (χ1n) is 23.9. The van der Waals surface area contributed by atoms with Crippen molar-refractivity contribution < 1.29 is 44.3 Å². The van der Waals surface area contributed by atoms with Crippen LogP contribution in [0.5, 0.6) is 17.2 Å². The molecule has 2 amide bonds. The van der Waals surface area contributed by atoms with Gasteiger partial charge in [0, 0.05) is 73.0 Å².